The zero-order valence-electron chi connectivity index (χ0n) is 24.1. The lowest BCUT2D eigenvalue weighted by Gasteiger charge is -2.71. The number of carbonyl (C=O) groups excluding carboxylic acids is 2. The Balaban J connectivity index is 1.58. The van der Waals surface area contributed by atoms with Crippen molar-refractivity contribution in [2.75, 3.05) is 18.8 Å². The number of Topliss-reactive ketones (excluding diaryl/α,β-unsaturated/α-hetero) is 2. The lowest BCUT2D eigenvalue weighted by molar-refractivity contribution is -0.224. The van der Waals surface area contributed by atoms with E-state index in [4.69, 9.17) is 4.74 Å². The monoisotopic (exact) mass is 525 g/mol. The third kappa shape index (κ3) is 3.78. The zero-order chi connectivity index (χ0) is 27.0. The van der Waals surface area contributed by atoms with Crippen molar-refractivity contribution in [1.29, 1.82) is 5.26 Å². The Labute approximate surface area is 228 Å². The number of rotatable bonds is 4. The van der Waals surface area contributed by atoms with E-state index in [1.807, 2.05) is 13.0 Å². The van der Waals surface area contributed by atoms with Crippen molar-refractivity contribution in [3.8, 4) is 6.07 Å². The predicted octanol–water partition coefficient (Wildman–Crippen LogP) is 7.23. The number of nitriles is 1. The average molecular weight is 526 g/mol. The maximum atomic E-state index is 14.5. The SMILES string of the molecule is CSCOC[C@]12CCC(C)(C)C[C@@H]1C1C(=O)C[C@@H]3[C@@]4(C)C=C(C#N)C(=O)[C@@H](C)[C@@H]4CC[C@@]3(C)[C@]1(C)CC2. The number of fused-ring (bicyclic) bond motifs is 7. The van der Waals surface area contributed by atoms with Gasteiger partial charge >= 0.3 is 0 Å². The van der Waals surface area contributed by atoms with Crippen LogP contribution in [0.3, 0.4) is 0 Å². The Morgan fingerprint density at radius 3 is 2.41 bits per heavy atom. The van der Waals surface area contributed by atoms with E-state index in [1.165, 1.54) is 6.42 Å². The third-order valence-electron chi connectivity index (χ3n) is 12.9. The summed E-state index contributed by atoms with van der Waals surface area (Å²) >= 11 is 1.73. The first kappa shape index (κ1) is 27.4. The zero-order valence-corrected chi connectivity index (χ0v) is 24.9. The molecule has 1 unspecified atom stereocenters. The first-order valence-corrected chi connectivity index (χ1v) is 15.9. The van der Waals surface area contributed by atoms with Crippen LogP contribution in [0.2, 0.25) is 0 Å². The molecule has 0 N–H and O–H groups in total. The Hall–Kier alpha value is -1.12. The maximum Gasteiger partial charge on any atom is 0.176 e. The number of hydrogen-bond acceptors (Lipinski definition) is 5. The summed E-state index contributed by atoms with van der Waals surface area (Å²) in [7, 11) is 0. The van der Waals surface area contributed by atoms with Crippen molar-refractivity contribution < 1.29 is 14.3 Å². The lowest BCUT2D eigenvalue weighted by atomic mass is 9.32. The highest BCUT2D eigenvalue weighted by atomic mass is 32.2. The van der Waals surface area contributed by atoms with Crippen LogP contribution >= 0.6 is 11.8 Å². The Morgan fingerprint density at radius 2 is 1.73 bits per heavy atom. The second-order valence-corrected chi connectivity index (χ2v) is 15.8. The summed E-state index contributed by atoms with van der Waals surface area (Å²) in [6, 6.07) is 2.21. The van der Waals surface area contributed by atoms with Crippen LogP contribution in [0.5, 0.6) is 0 Å². The van der Waals surface area contributed by atoms with Crippen molar-refractivity contribution in [3.05, 3.63) is 11.6 Å². The molecule has 4 fully saturated rings. The van der Waals surface area contributed by atoms with Crippen molar-refractivity contribution in [2.24, 2.45) is 56.7 Å². The largest absolute Gasteiger partial charge is 0.370 e. The van der Waals surface area contributed by atoms with Gasteiger partial charge in [0.05, 0.1) is 18.1 Å². The van der Waals surface area contributed by atoms with E-state index in [1.54, 1.807) is 11.8 Å². The minimum Gasteiger partial charge on any atom is -0.370 e. The first-order valence-electron chi connectivity index (χ1n) is 14.6. The van der Waals surface area contributed by atoms with Gasteiger partial charge in [-0.3, -0.25) is 9.59 Å². The van der Waals surface area contributed by atoms with Crippen LogP contribution in [0.15, 0.2) is 11.6 Å². The van der Waals surface area contributed by atoms with Crippen molar-refractivity contribution in [1.82, 2.24) is 0 Å². The molecule has 0 heterocycles. The quantitative estimate of drug-likeness (QED) is 0.286. The minimum atomic E-state index is -0.295. The number of carbonyl (C=O) groups is 2. The molecular formula is C32H47NO3S. The summed E-state index contributed by atoms with van der Waals surface area (Å²) in [6.07, 6.45) is 12.4. The molecule has 0 bridgehead atoms. The average Bonchev–Trinajstić information content (AvgIpc) is 2.83. The van der Waals surface area contributed by atoms with Gasteiger partial charge in [0.2, 0.25) is 0 Å². The molecule has 4 nitrogen and oxygen atoms in total. The molecule has 0 aliphatic heterocycles. The molecule has 0 amide bonds. The number of nitrogens with zero attached hydrogens (tertiary/aromatic N) is 1. The van der Waals surface area contributed by atoms with E-state index in [2.05, 4.69) is 46.9 Å². The van der Waals surface area contributed by atoms with Gasteiger partial charge in [0.25, 0.3) is 0 Å². The van der Waals surface area contributed by atoms with Gasteiger partial charge in [0.1, 0.15) is 11.9 Å². The van der Waals surface area contributed by atoms with E-state index >= 15 is 0 Å². The molecule has 5 rings (SSSR count). The number of ether oxygens (including phenoxy) is 1. The van der Waals surface area contributed by atoms with E-state index in [-0.39, 0.29) is 56.5 Å². The third-order valence-corrected chi connectivity index (χ3v) is 13.3. The number of thioether (sulfide) groups is 1. The van der Waals surface area contributed by atoms with Gasteiger partial charge in [-0.2, -0.15) is 5.26 Å². The summed E-state index contributed by atoms with van der Waals surface area (Å²) < 4.78 is 6.24. The first-order chi connectivity index (χ1) is 17.3. The van der Waals surface area contributed by atoms with Crippen LogP contribution in [0.1, 0.15) is 92.9 Å². The topological polar surface area (TPSA) is 67.2 Å². The van der Waals surface area contributed by atoms with Gasteiger partial charge in [-0.15, -0.1) is 11.8 Å². The highest BCUT2D eigenvalue weighted by molar-refractivity contribution is 7.98. The molecule has 0 spiro atoms. The normalized spacial score (nSPS) is 48.6. The molecule has 9 atom stereocenters. The van der Waals surface area contributed by atoms with Crippen LogP contribution in [0.4, 0.5) is 0 Å². The Bertz CT molecular complexity index is 1060. The van der Waals surface area contributed by atoms with Crippen molar-refractivity contribution in [3.63, 3.8) is 0 Å². The van der Waals surface area contributed by atoms with Gasteiger partial charge in [-0.05, 0) is 96.0 Å². The highest BCUT2D eigenvalue weighted by Gasteiger charge is 2.71. The van der Waals surface area contributed by atoms with Gasteiger partial charge in [-0.1, -0.05) is 47.6 Å². The summed E-state index contributed by atoms with van der Waals surface area (Å²) in [5.41, 5.74) is 0.302. The van der Waals surface area contributed by atoms with Gasteiger partial charge in [0, 0.05) is 18.3 Å². The summed E-state index contributed by atoms with van der Waals surface area (Å²) in [4.78, 5) is 27.4. The Morgan fingerprint density at radius 1 is 1.03 bits per heavy atom. The standard InChI is InChI=1S/C32H47NO3S/c1-20-22-8-9-30(5)25(29(22,4)15-21(17-33)27(20)35)14-24(34)26-23-16-28(2,3)10-12-32(23,18-36-19-37-7)13-11-31(26,30)6/h15,20,22-23,25-26H,8-14,16,18-19H2,1-7H3/t20-,22-,23+,25+,26?,29-,30+,31+,32+/m0/s1. The van der Waals surface area contributed by atoms with Crippen molar-refractivity contribution >= 4 is 23.3 Å². The van der Waals surface area contributed by atoms with Crippen molar-refractivity contribution in [2.45, 2.75) is 92.9 Å². The second kappa shape index (κ2) is 8.95. The van der Waals surface area contributed by atoms with Gasteiger partial charge in [-0.25, -0.2) is 0 Å². The van der Waals surface area contributed by atoms with Crippen LogP contribution in [0, 0.1) is 68.0 Å². The van der Waals surface area contributed by atoms with Crippen LogP contribution in [-0.2, 0) is 14.3 Å². The Kier molecular flexibility index (Phi) is 6.64. The fourth-order valence-electron chi connectivity index (χ4n) is 10.6. The highest BCUT2D eigenvalue weighted by Crippen LogP contribution is 2.75. The van der Waals surface area contributed by atoms with Gasteiger partial charge in [0.15, 0.2) is 5.78 Å². The molecule has 0 aromatic carbocycles. The molecule has 5 aliphatic carbocycles. The molecule has 0 aromatic heterocycles. The molecule has 4 saturated carbocycles. The number of ketones is 2. The summed E-state index contributed by atoms with van der Waals surface area (Å²) in [5.74, 6) is 1.82. The lowest BCUT2D eigenvalue weighted by Crippen LogP contribution is -2.68. The van der Waals surface area contributed by atoms with Crippen LogP contribution < -0.4 is 0 Å². The molecular weight excluding hydrogens is 478 g/mol. The molecule has 5 heteroatoms. The molecule has 37 heavy (non-hydrogen) atoms. The van der Waals surface area contributed by atoms with E-state index < -0.39 is 0 Å². The minimum absolute atomic E-state index is 0.00186. The fourth-order valence-corrected chi connectivity index (χ4v) is 10.9. The van der Waals surface area contributed by atoms with Crippen LogP contribution in [0.25, 0.3) is 0 Å². The fraction of sp³-hybridized carbons (Fsp3) is 0.844. The smallest absolute Gasteiger partial charge is 0.176 e. The maximum absolute atomic E-state index is 14.5. The van der Waals surface area contributed by atoms with E-state index in [0.29, 0.717) is 23.7 Å². The van der Waals surface area contributed by atoms with Crippen LogP contribution in [-0.4, -0.2) is 30.4 Å². The predicted molar refractivity (Wildman–Crippen MR) is 149 cm³/mol. The molecule has 204 valence electrons. The molecule has 0 aromatic rings. The second-order valence-electron chi connectivity index (χ2n) is 15.0. The number of hydrogen-bond donors (Lipinski definition) is 0. The van der Waals surface area contributed by atoms with E-state index in [0.717, 1.165) is 51.1 Å². The summed E-state index contributed by atoms with van der Waals surface area (Å²) in [5, 5.41) is 9.81. The molecule has 0 radical (unpaired) electrons. The van der Waals surface area contributed by atoms with E-state index in [9.17, 15) is 14.9 Å². The molecule has 0 saturated heterocycles. The van der Waals surface area contributed by atoms with Gasteiger partial charge < -0.3 is 4.74 Å². The summed E-state index contributed by atoms with van der Waals surface area (Å²) in [6.45, 7) is 14.8. The molecule has 5 aliphatic rings. The number of allylic oxidation sites excluding steroid dienone is 2.